The first kappa shape index (κ1) is 14.4. The summed E-state index contributed by atoms with van der Waals surface area (Å²) in [5.74, 6) is 3.34. The van der Waals surface area contributed by atoms with Gasteiger partial charge in [0.15, 0.2) is 0 Å². The van der Waals surface area contributed by atoms with E-state index in [0.717, 1.165) is 18.4 Å². The van der Waals surface area contributed by atoms with Crippen molar-refractivity contribution < 1.29 is 0 Å². The van der Waals surface area contributed by atoms with E-state index < -0.39 is 8.07 Å². The van der Waals surface area contributed by atoms with Gasteiger partial charge in [0.05, 0.1) is 0 Å². The van der Waals surface area contributed by atoms with Crippen LogP contribution in [0.2, 0.25) is 19.6 Å². The molecule has 0 unspecified atom stereocenters. The van der Waals surface area contributed by atoms with Crippen LogP contribution in [0.4, 0.5) is 0 Å². The van der Waals surface area contributed by atoms with E-state index in [1.54, 1.807) is 0 Å². The van der Waals surface area contributed by atoms with Crippen molar-refractivity contribution in [2.75, 3.05) is 0 Å². The van der Waals surface area contributed by atoms with Crippen molar-refractivity contribution in [3.05, 3.63) is 35.4 Å². The Morgan fingerprint density at radius 2 is 1.79 bits per heavy atom. The number of nitrogens with two attached hydrogens (primary N) is 1. The van der Waals surface area contributed by atoms with Crippen LogP contribution in [0.1, 0.15) is 43.2 Å². The summed E-state index contributed by atoms with van der Waals surface area (Å²) in [6.07, 6.45) is 6.05. The van der Waals surface area contributed by atoms with Crippen LogP contribution in [0.3, 0.4) is 0 Å². The van der Waals surface area contributed by atoms with Crippen molar-refractivity contribution in [3.63, 3.8) is 0 Å². The lowest BCUT2D eigenvalue weighted by Crippen LogP contribution is -2.38. The molecule has 1 aliphatic rings. The zero-order valence-electron chi connectivity index (χ0n) is 12.4. The van der Waals surface area contributed by atoms with Gasteiger partial charge in [-0.3, -0.25) is 0 Å². The van der Waals surface area contributed by atoms with E-state index >= 15 is 0 Å². The molecule has 0 radical (unpaired) electrons. The number of rotatable bonds is 1. The Hall–Kier alpha value is -1.04. The lowest BCUT2D eigenvalue weighted by Gasteiger charge is -2.34. The molecule has 1 saturated carbocycles. The van der Waals surface area contributed by atoms with Gasteiger partial charge >= 0.3 is 0 Å². The van der Waals surface area contributed by atoms with Gasteiger partial charge in [0, 0.05) is 11.1 Å². The molecule has 0 saturated heterocycles. The summed E-state index contributed by atoms with van der Waals surface area (Å²) in [6.45, 7) is 6.82. The van der Waals surface area contributed by atoms with Crippen LogP contribution in [0.15, 0.2) is 24.3 Å². The molecule has 1 aliphatic carbocycles. The highest BCUT2D eigenvalue weighted by atomic mass is 28.3. The molecule has 1 aromatic rings. The smallest absolute Gasteiger partial charge is 0.129 e. The summed E-state index contributed by atoms with van der Waals surface area (Å²) in [6, 6.07) is 8.58. The molecule has 1 fully saturated rings. The zero-order chi connectivity index (χ0) is 13.9. The number of hydrogen-bond donors (Lipinski definition) is 1. The lowest BCUT2D eigenvalue weighted by atomic mass is 9.77. The summed E-state index contributed by atoms with van der Waals surface area (Å²) in [4.78, 5) is 0. The van der Waals surface area contributed by atoms with E-state index in [9.17, 15) is 0 Å². The van der Waals surface area contributed by atoms with E-state index in [1.165, 1.54) is 24.8 Å². The predicted octanol–water partition coefficient (Wildman–Crippen LogP) is 4.03. The van der Waals surface area contributed by atoms with Crippen LogP contribution < -0.4 is 5.73 Å². The molecule has 2 N–H and O–H groups in total. The first-order valence-corrected chi connectivity index (χ1v) is 10.8. The zero-order valence-corrected chi connectivity index (χ0v) is 13.4. The largest absolute Gasteiger partial charge is 0.321 e. The van der Waals surface area contributed by atoms with Crippen molar-refractivity contribution >= 4 is 8.07 Å². The maximum absolute atomic E-state index is 6.59. The van der Waals surface area contributed by atoms with Crippen LogP contribution in [0.25, 0.3) is 0 Å². The third kappa shape index (κ3) is 3.96. The molecular weight excluding hydrogens is 246 g/mol. The third-order valence-corrected chi connectivity index (χ3v) is 4.64. The molecule has 0 amide bonds. The molecule has 0 spiro atoms. The first-order chi connectivity index (χ1) is 8.89. The van der Waals surface area contributed by atoms with Crippen molar-refractivity contribution in [1.29, 1.82) is 0 Å². The molecular formula is C17H25NSi. The highest BCUT2D eigenvalue weighted by Crippen LogP contribution is 2.34. The fourth-order valence-electron chi connectivity index (χ4n) is 2.64. The minimum absolute atomic E-state index is 0.116. The summed E-state index contributed by atoms with van der Waals surface area (Å²) in [5, 5.41) is 0. The summed E-state index contributed by atoms with van der Waals surface area (Å²) in [7, 11) is -1.31. The molecule has 1 aromatic carbocycles. The molecule has 0 bridgehead atoms. The minimum atomic E-state index is -1.31. The monoisotopic (exact) mass is 271 g/mol. The second-order valence-corrected chi connectivity index (χ2v) is 11.5. The highest BCUT2D eigenvalue weighted by Gasteiger charge is 2.29. The Morgan fingerprint density at radius 1 is 1.11 bits per heavy atom. The Kier molecular flexibility index (Phi) is 4.18. The molecule has 102 valence electrons. The van der Waals surface area contributed by atoms with Crippen molar-refractivity contribution in [2.24, 2.45) is 5.73 Å². The Labute approximate surface area is 118 Å². The van der Waals surface area contributed by atoms with E-state index in [1.807, 2.05) is 0 Å². The highest BCUT2D eigenvalue weighted by molar-refractivity contribution is 6.83. The molecule has 0 atom stereocenters. The second-order valence-electron chi connectivity index (χ2n) is 6.80. The Balaban J connectivity index is 2.26. The van der Waals surface area contributed by atoms with Gasteiger partial charge in [-0.15, -0.1) is 5.54 Å². The van der Waals surface area contributed by atoms with Crippen LogP contribution in [-0.4, -0.2) is 8.07 Å². The summed E-state index contributed by atoms with van der Waals surface area (Å²) < 4.78 is 0. The first-order valence-electron chi connectivity index (χ1n) is 7.32. The van der Waals surface area contributed by atoms with E-state index in [2.05, 4.69) is 55.4 Å². The van der Waals surface area contributed by atoms with Crippen LogP contribution in [-0.2, 0) is 5.54 Å². The normalized spacial score (nSPS) is 18.5. The van der Waals surface area contributed by atoms with Gasteiger partial charge in [-0.2, -0.15) is 0 Å². The second kappa shape index (κ2) is 5.52. The minimum Gasteiger partial charge on any atom is -0.321 e. The molecule has 1 nitrogen and oxygen atoms in total. The molecule has 19 heavy (non-hydrogen) atoms. The van der Waals surface area contributed by atoms with Crippen LogP contribution >= 0.6 is 0 Å². The number of hydrogen-bond acceptors (Lipinski definition) is 1. The van der Waals surface area contributed by atoms with Crippen LogP contribution in [0, 0.1) is 11.5 Å². The summed E-state index contributed by atoms with van der Waals surface area (Å²) >= 11 is 0. The molecule has 0 aromatic heterocycles. The van der Waals surface area contributed by atoms with E-state index in [-0.39, 0.29) is 5.54 Å². The predicted molar refractivity (Wildman–Crippen MR) is 85.6 cm³/mol. The summed E-state index contributed by atoms with van der Waals surface area (Å²) in [5.41, 5.74) is 12.3. The average molecular weight is 271 g/mol. The van der Waals surface area contributed by atoms with Crippen molar-refractivity contribution in [2.45, 2.75) is 57.3 Å². The van der Waals surface area contributed by atoms with Gasteiger partial charge in [-0.1, -0.05) is 57.0 Å². The Bertz CT molecular complexity index is 496. The maximum Gasteiger partial charge on any atom is 0.129 e. The van der Waals surface area contributed by atoms with Crippen molar-refractivity contribution in [1.82, 2.24) is 0 Å². The molecule has 0 aliphatic heterocycles. The molecule has 0 heterocycles. The fraction of sp³-hybridized carbons (Fsp3) is 0.529. The lowest BCUT2D eigenvalue weighted by molar-refractivity contribution is 0.302. The maximum atomic E-state index is 6.59. The Morgan fingerprint density at radius 3 is 2.42 bits per heavy atom. The van der Waals surface area contributed by atoms with Crippen molar-refractivity contribution in [3.8, 4) is 11.5 Å². The van der Waals surface area contributed by atoms with Gasteiger partial charge in [0.1, 0.15) is 8.07 Å². The third-order valence-electron chi connectivity index (χ3n) is 3.77. The SMILES string of the molecule is C[Si](C)(C)C#Cc1cccc(C2(N)CCCCC2)c1. The van der Waals surface area contributed by atoms with E-state index in [0.29, 0.717) is 0 Å². The number of benzene rings is 1. The van der Waals surface area contributed by atoms with Gasteiger partial charge in [0.2, 0.25) is 0 Å². The van der Waals surface area contributed by atoms with Crippen LogP contribution in [0.5, 0.6) is 0 Å². The average Bonchev–Trinajstić information content (AvgIpc) is 2.37. The quantitative estimate of drug-likeness (QED) is 0.605. The van der Waals surface area contributed by atoms with E-state index in [4.69, 9.17) is 5.73 Å². The van der Waals surface area contributed by atoms with Gasteiger partial charge in [-0.05, 0) is 30.5 Å². The fourth-order valence-corrected chi connectivity index (χ4v) is 3.16. The topological polar surface area (TPSA) is 26.0 Å². The van der Waals surface area contributed by atoms with Gasteiger partial charge in [-0.25, -0.2) is 0 Å². The van der Waals surface area contributed by atoms with Gasteiger partial charge in [0.25, 0.3) is 0 Å². The molecule has 2 heteroatoms. The molecule has 2 rings (SSSR count). The standard InChI is InChI=1S/C17H25NSi/c1-19(2,3)13-10-15-8-7-9-16(14-15)17(18)11-5-4-6-12-17/h7-9,14H,4-6,11-12,18H2,1-3H3. The van der Waals surface area contributed by atoms with Gasteiger partial charge < -0.3 is 5.73 Å².